The fourth-order valence-electron chi connectivity index (χ4n) is 2.58. The molecule has 1 aliphatic rings. The van der Waals surface area contributed by atoms with Gasteiger partial charge in [-0.05, 0) is 43.9 Å². The molecule has 1 aromatic carbocycles. The molecule has 1 aromatic rings. The van der Waals surface area contributed by atoms with Crippen LogP contribution in [0.3, 0.4) is 0 Å². The van der Waals surface area contributed by atoms with Crippen molar-refractivity contribution in [1.82, 2.24) is 4.90 Å². The van der Waals surface area contributed by atoms with E-state index in [2.05, 4.69) is 6.92 Å². The molecule has 0 radical (unpaired) electrons. The third kappa shape index (κ3) is 4.58. The lowest BCUT2D eigenvalue weighted by molar-refractivity contribution is -0.136. The molecular weight excluding hydrogens is 281 g/mol. The van der Waals surface area contributed by atoms with E-state index in [0.717, 1.165) is 44.3 Å². The number of rotatable bonds is 6. The standard InChI is InChI=1S/C18H24FNO2/c1-3-4-5-8-15-11-16(19)13-17(12-15)22-14(2)18(21)20-9-6-7-10-20/h5,8,11-14H,3-4,6-7,9-10H2,1-2H3/b8-5+. The quantitative estimate of drug-likeness (QED) is 0.794. The van der Waals surface area contributed by atoms with E-state index in [9.17, 15) is 9.18 Å². The molecule has 0 aliphatic carbocycles. The summed E-state index contributed by atoms with van der Waals surface area (Å²) in [6.45, 7) is 5.40. The lowest BCUT2D eigenvalue weighted by Gasteiger charge is -2.21. The molecule has 0 N–H and O–H groups in total. The van der Waals surface area contributed by atoms with E-state index in [-0.39, 0.29) is 11.7 Å². The van der Waals surface area contributed by atoms with Gasteiger partial charge in [-0.25, -0.2) is 4.39 Å². The number of likely N-dealkylation sites (tertiary alicyclic amines) is 1. The van der Waals surface area contributed by atoms with E-state index in [1.54, 1.807) is 13.0 Å². The van der Waals surface area contributed by atoms with Crippen molar-refractivity contribution in [2.45, 2.75) is 45.6 Å². The summed E-state index contributed by atoms with van der Waals surface area (Å²) in [6, 6.07) is 4.56. The van der Waals surface area contributed by atoms with E-state index in [1.807, 2.05) is 17.1 Å². The van der Waals surface area contributed by atoms with Gasteiger partial charge in [-0.3, -0.25) is 4.79 Å². The third-order valence-electron chi connectivity index (χ3n) is 3.74. The highest BCUT2D eigenvalue weighted by atomic mass is 19.1. The second kappa shape index (κ2) is 7.97. The molecule has 0 aromatic heterocycles. The summed E-state index contributed by atoms with van der Waals surface area (Å²) in [6.07, 6.45) is 7.40. The molecule has 3 nitrogen and oxygen atoms in total. The molecule has 1 amide bonds. The number of hydrogen-bond acceptors (Lipinski definition) is 2. The highest BCUT2D eigenvalue weighted by Crippen LogP contribution is 2.20. The van der Waals surface area contributed by atoms with Crippen LogP contribution in [-0.4, -0.2) is 30.0 Å². The van der Waals surface area contributed by atoms with Gasteiger partial charge < -0.3 is 9.64 Å². The van der Waals surface area contributed by atoms with Gasteiger partial charge in [0.15, 0.2) is 6.10 Å². The largest absolute Gasteiger partial charge is 0.481 e. The summed E-state index contributed by atoms with van der Waals surface area (Å²) in [4.78, 5) is 14.0. The molecular formula is C18H24FNO2. The highest BCUT2D eigenvalue weighted by Gasteiger charge is 2.24. The maximum atomic E-state index is 13.7. The molecule has 1 unspecified atom stereocenters. The van der Waals surface area contributed by atoms with Gasteiger partial charge >= 0.3 is 0 Å². The van der Waals surface area contributed by atoms with Crippen LogP contribution >= 0.6 is 0 Å². The van der Waals surface area contributed by atoms with Gasteiger partial charge in [-0.2, -0.15) is 0 Å². The minimum atomic E-state index is -0.590. The summed E-state index contributed by atoms with van der Waals surface area (Å²) >= 11 is 0. The van der Waals surface area contributed by atoms with Crippen molar-refractivity contribution < 1.29 is 13.9 Å². The van der Waals surface area contributed by atoms with Crippen LogP contribution in [-0.2, 0) is 4.79 Å². The Bertz CT molecular complexity index is 536. The molecule has 22 heavy (non-hydrogen) atoms. The summed E-state index contributed by atoms with van der Waals surface area (Å²) in [5.41, 5.74) is 0.754. The summed E-state index contributed by atoms with van der Waals surface area (Å²) in [5, 5.41) is 0. The number of nitrogens with zero attached hydrogens (tertiary/aromatic N) is 1. The Hall–Kier alpha value is -1.84. The van der Waals surface area contributed by atoms with Gasteiger partial charge in [0.1, 0.15) is 11.6 Å². The molecule has 1 saturated heterocycles. The van der Waals surface area contributed by atoms with Crippen LogP contribution in [0.2, 0.25) is 0 Å². The number of allylic oxidation sites excluding steroid dienone is 1. The zero-order chi connectivity index (χ0) is 15.9. The zero-order valence-corrected chi connectivity index (χ0v) is 13.3. The first-order valence-electron chi connectivity index (χ1n) is 8.02. The van der Waals surface area contributed by atoms with Gasteiger partial charge in [0.25, 0.3) is 5.91 Å². The predicted molar refractivity (Wildman–Crippen MR) is 86.2 cm³/mol. The summed E-state index contributed by atoms with van der Waals surface area (Å²) in [7, 11) is 0. The molecule has 120 valence electrons. The van der Waals surface area contributed by atoms with Crippen LogP contribution in [0, 0.1) is 5.82 Å². The minimum absolute atomic E-state index is 0.0233. The van der Waals surface area contributed by atoms with Crippen molar-refractivity contribution >= 4 is 12.0 Å². The van der Waals surface area contributed by atoms with Gasteiger partial charge in [-0.15, -0.1) is 0 Å². The summed E-state index contributed by atoms with van der Waals surface area (Å²) in [5.74, 6) is 0.0236. The van der Waals surface area contributed by atoms with Crippen molar-refractivity contribution in [2.75, 3.05) is 13.1 Å². The third-order valence-corrected chi connectivity index (χ3v) is 3.74. The Morgan fingerprint density at radius 2 is 2.09 bits per heavy atom. The van der Waals surface area contributed by atoms with Gasteiger partial charge in [0.05, 0.1) is 0 Å². The van der Waals surface area contributed by atoms with Gasteiger partial charge in [0.2, 0.25) is 0 Å². The lowest BCUT2D eigenvalue weighted by Crippen LogP contribution is -2.38. The predicted octanol–water partition coefficient (Wildman–Crippen LogP) is 4.03. The molecule has 0 saturated carbocycles. The molecule has 1 fully saturated rings. The second-order valence-corrected chi connectivity index (χ2v) is 5.70. The summed E-state index contributed by atoms with van der Waals surface area (Å²) < 4.78 is 19.3. The van der Waals surface area contributed by atoms with Crippen molar-refractivity contribution in [3.05, 3.63) is 35.7 Å². The van der Waals surface area contributed by atoms with E-state index < -0.39 is 6.10 Å². The van der Waals surface area contributed by atoms with E-state index in [4.69, 9.17) is 4.74 Å². The van der Waals surface area contributed by atoms with Crippen LogP contribution in [0.4, 0.5) is 4.39 Å². The zero-order valence-electron chi connectivity index (χ0n) is 13.3. The molecule has 1 heterocycles. The number of halogens is 1. The van der Waals surface area contributed by atoms with Gasteiger partial charge in [0, 0.05) is 19.2 Å². The fourth-order valence-corrected chi connectivity index (χ4v) is 2.58. The van der Waals surface area contributed by atoms with Crippen LogP contribution in [0.15, 0.2) is 24.3 Å². The normalized spacial score (nSPS) is 16.2. The first-order chi connectivity index (χ1) is 10.6. The first-order valence-corrected chi connectivity index (χ1v) is 8.02. The smallest absolute Gasteiger partial charge is 0.263 e. The SMILES string of the molecule is CCC/C=C/c1cc(F)cc(OC(C)C(=O)N2CCCC2)c1. The lowest BCUT2D eigenvalue weighted by atomic mass is 10.1. The van der Waals surface area contributed by atoms with Crippen LogP contribution < -0.4 is 4.74 Å². The maximum absolute atomic E-state index is 13.7. The van der Waals surface area contributed by atoms with Crippen LogP contribution in [0.5, 0.6) is 5.75 Å². The van der Waals surface area contributed by atoms with Crippen LogP contribution in [0.25, 0.3) is 6.08 Å². The van der Waals surface area contributed by atoms with Crippen molar-refractivity contribution in [1.29, 1.82) is 0 Å². The Morgan fingerprint density at radius 1 is 1.36 bits per heavy atom. The average Bonchev–Trinajstić information content (AvgIpc) is 3.00. The number of hydrogen-bond donors (Lipinski definition) is 0. The van der Waals surface area contributed by atoms with E-state index in [1.165, 1.54) is 12.1 Å². The Morgan fingerprint density at radius 3 is 2.77 bits per heavy atom. The Labute approximate surface area is 131 Å². The number of ether oxygens (including phenoxy) is 1. The number of benzene rings is 1. The van der Waals surface area contributed by atoms with Crippen LogP contribution in [0.1, 0.15) is 45.1 Å². The van der Waals surface area contributed by atoms with Crippen molar-refractivity contribution in [2.24, 2.45) is 0 Å². The molecule has 4 heteroatoms. The first kappa shape index (κ1) is 16.5. The number of carbonyl (C=O) groups is 1. The second-order valence-electron chi connectivity index (χ2n) is 5.70. The monoisotopic (exact) mass is 305 g/mol. The maximum Gasteiger partial charge on any atom is 0.263 e. The highest BCUT2D eigenvalue weighted by molar-refractivity contribution is 5.81. The molecule has 0 bridgehead atoms. The average molecular weight is 305 g/mol. The number of unbranched alkanes of at least 4 members (excludes halogenated alkanes) is 1. The van der Waals surface area contributed by atoms with Gasteiger partial charge in [-0.1, -0.05) is 25.5 Å². The topological polar surface area (TPSA) is 29.5 Å². The molecule has 2 rings (SSSR count). The minimum Gasteiger partial charge on any atom is -0.481 e. The number of amides is 1. The van der Waals surface area contributed by atoms with Crippen molar-refractivity contribution in [3.63, 3.8) is 0 Å². The van der Waals surface area contributed by atoms with E-state index in [0.29, 0.717) is 5.75 Å². The number of carbonyl (C=O) groups excluding carboxylic acids is 1. The Kier molecular flexibility index (Phi) is 5.99. The van der Waals surface area contributed by atoms with E-state index >= 15 is 0 Å². The van der Waals surface area contributed by atoms with Crippen molar-refractivity contribution in [3.8, 4) is 5.75 Å². The fraction of sp³-hybridized carbons (Fsp3) is 0.500. The Balaban J connectivity index is 2.03. The molecule has 0 spiro atoms. The molecule has 1 atom stereocenters. The molecule has 1 aliphatic heterocycles.